The van der Waals surface area contributed by atoms with Crippen molar-refractivity contribution >= 4 is 45.9 Å². The minimum absolute atomic E-state index is 0.159. The summed E-state index contributed by atoms with van der Waals surface area (Å²) >= 11 is 8.19. The summed E-state index contributed by atoms with van der Waals surface area (Å²) in [5.41, 5.74) is 7.21. The molecule has 5 aromatic rings. The lowest BCUT2D eigenvalue weighted by Gasteiger charge is -2.13. The molecule has 37 heavy (non-hydrogen) atoms. The summed E-state index contributed by atoms with van der Waals surface area (Å²) in [7, 11) is 0. The van der Waals surface area contributed by atoms with E-state index in [0.29, 0.717) is 16.3 Å². The number of hydrogen-bond acceptors (Lipinski definition) is 2. The zero-order valence-electron chi connectivity index (χ0n) is 21.1. The van der Waals surface area contributed by atoms with Crippen molar-refractivity contribution in [2.45, 2.75) is 18.7 Å². The van der Waals surface area contributed by atoms with Gasteiger partial charge in [0.1, 0.15) is 0 Å². The number of allylic oxidation sites excluding steroid dienone is 1. The minimum atomic E-state index is -0.159. The smallest absolute Gasteiger partial charge is 0.256 e. The van der Waals surface area contributed by atoms with Crippen LogP contribution in [0.3, 0.4) is 0 Å². The van der Waals surface area contributed by atoms with Gasteiger partial charge in [0.05, 0.1) is 5.02 Å². The van der Waals surface area contributed by atoms with Crippen LogP contribution in [0.15, 0.2) is 109 Å². The predicted octanol–water partition coefficient (Wildman–Crippen LogP) is 9.63. The number of carbonyl (C=O) groups excluding carboxylic acids is 1. The number of benzene rings is 4. The Morgan fingerprint density at radius 2 is 1.68 bits per heavy atom. The van der Waals surface area contributed by atoms with Crippen molar-refractivity contribution in [3.05, 3.63) is 120 Å². The maximum Gasteiger partial charge on any atom is 0.256 e. The van der Waals surface area contributed by atoms with Gasteiger partial charge in [0.15, 0.2) is 0 Å². The molecule has 0 bridgehead atoms. The van der Waals surface area contributed by atoms with Crippen LogP contribution in [-0.2, 0) is 0 Å². The lowest BCUT2D eigenvalue weighted by molar-refractivity contribution is 0.102. The van der Waals surface area contributed by atoms with Gasteiger partial charge >= 0.3 is 0 Å². The largest absolute Gasteiger partial charge is 0.354 e. The SMILES string of the molecule is C=CC.CSc1ccc(C(=O)Nc2ccc(Cl)c(-c3cc4ccccc4[nH]3)c2)c(-c2ccc(C)cc2)c1. The highest BCUT2D eigenvalue weighted by atomic mass is 35.5. The second-order valence-corrected chi connectivity index (χ2v) is 9.89. The molecule has 0 radical (unpaired) electrons. The van der Waals surface area contributed by atoms with E-state index in [1.54, 1.807) is 17.8 Å². The second kappa shape index (κ2) is 12.0. The molecule has 3 nitrogen and oxygen atoms in total. The van der Waals surface area contributed by atoms with Crippen LogP contribution < -0.4 is 5.32 Å². The van der Waals surface area contributed by atoms with Crippen LogP contribution in [0.25, 0.3) is 33.3 Å². The first-order valence-electron chi connectivity index (χ1n) is 11.9. The number of aromatic nitrogens is 1. The maximum absolute atomic E-state index is 13.4. The van der Waals surface area contributed by atoms with Crippen molar-refractivity contribution in [3.63, 3.8) is 0 Å². The van der Waals surface area contributed by atoms with Crippen molar-refractivity contribution in [1.82, 2.24) is 4.98 Å². The Balaban J connectivity index is 0.00000102. The van der Waals surface area contributed by atoms with Crippen LogP contribution in [0.4, 0.5) is 5.69 Å². The number of H-pyrrole nitrogens is 1. The van der Waals surface area contributed by atoms with Gasteiger partial charge in [-0.15, -0.1) is 18.3 Å². The molecule has 0 aliphatic rings. The van der Waals surface area contributed by atoms with E-state index < -0.39 is 0 Å². The summed E-state index contributed by atoms with van der Waals surface area (Å²) in [4.78, 5) is 17.9. The Morgan fingerprint density at radius 1 is 0.946 bits per heavy atom. The summed E-state index contributed by atoms with van der Waals surface area (Å²) in [6.45, 7) is 7.31. The number of nitrogens with one attached hydrogen (secondary N) is 2. The molecule has 5 rings (SSSR count). The number of aromatic amines is 1. The Bertz CT molecular complexity index is 1520. The van der Waals surface area contributed by atoms with Gasteiger partial charge in [0.25, 0.3) is 5.91 Å². The molecule has 0 saturated carbocycles. The van der Waals surface area contributed by atoms with Gasteiger partial charge in [-0.05, 0) is 79.8 Å². The number of thioether (sulfide) groups is 1. The van der Waals surface area contributed by atoms with E-state index in [9.17, 15) is 4.79 Å². The van der Waals surface area contributed by atoms with Gasteiger partial charge in [-0.3, -0.25) is 4.79 Å². The quantitative estimate of drug-likeness (QED) is 0.177. The van der Waals surface area contributed by atoms with E-state index in [1.165, 1.54) is 5.56 Å². The first-order chi connectivity index (χ1) is 17.9. The first-order valence-corrected chi connectivity index (χ1v) is 13.5. The van der Waals surface area contributed by atoms with Gasteiger partial charge < -0.3 is 10.3 Å². The molecule has 0 fully saturated rings. The third-order valence-electron chi connectivity index (χ3n) is 5.88. The molecule has 186 valence electrons. The summed E-state index contributed by atoms with van der Waals surface area (Å²) < 4.78 is 0. The van der Waals surface area contributed by atoms with Gasteiger partial charge in [-0.1, -0.05) is 65.7 Å². The zero-order chi connectivity index (χ0) is 26.4. The molecule has 0 unspecified atom stereocenters. The maximum atomic E-state index is 13.4. The molecule has 2 N–H and O–H groups in total. The molecule has 0 aliphatic carbocycles. The third kappa shape index (κ3) is 6.16. The Kier molecular flexibility index (Phi) is 8.54. The van der Waals surface area contributed by atoms with Gasteiger partial charge in [0.2, 0.25) is 0 Å². The van der Waals surface area contributed by atoms with Crippen molar-refractivity contribution in [3.8, 4) is 22.4 Å². The number of halogens is 1. The van der Waals surface area contributed by atoms with Crippen LogP contribution in [0.5, 0.6) is 0 Å². The summed E-state index contributed by atoms with van der Waals surface area (Å²) in [6, 6.07) is 29.9. The minimum Gasteiger partial charge on any atom is -0.354 e. The third-order valence-corrected chi connectivity index (χ3v) is 6.93. The number of aryl methyl sites for hydroxylation is 1. The number of fused-ring (bicyclic) bond motifs is 1. The molecule has 0 atom stereocenters. The Morgan fingerprint density at radius 3 is 2.38 bits per heavy atom. The fourth-order valence-corrected chi connectivity index (χ4v) is 4.71. The van der Waals surface area contributed by atoms with Crippen LogP contribution in [-0.4, -0.2) is 17.1 Å². The van der Waals surface area contributed by atoms with Gasteiger partial charge in [-0.25, -0.2) is 0 Å². The van der Waals surface area contributed by atoms with Crippen LogP contribution in [0, 0.1) is 6.92 Å². The van der Waals surface area contributed by atoms with E-state index in [-0.39, 0.29) is 5.91 Å². The van der Waals surface area contributed by atoms with E-state index >= 15 is 0 Å². The second-order valence-electron chi connectivity index (χ2n) is 8.60. The lowest BCUT2D eigenvalue weighted by Crippen LogP contribution is -2.13. The van der Waals surface area contributed by atoms with E-state index in [0.717, 1.165) is 38.2 Å². The number of amides is 1. The molecule has 0 aliphatic heterocycles. The first kappa shape index (κ1) is 26.3. The van der Waals surface area contributed by atoms with E-state index in [1.807, 2.05) is 61.7 Å². The fourth-order valence-electron chi connectivity index (χ4n) is 4.05. The van der Waals surface area contributed by atoms with Crippen molar-refractivity contribution in [1.29, 1.82) is 0 Å². The van der Waals surface area contributed by atoms with Crippen molar-refractivity contribution < 1.29 is 4.79 Å². The molecule has 0 spiro atoms. The number of para-hydroxylation sites is 1. The molecular formula is C32H29ClN2OS. The van der Waals surface area contributed by atoms with Crippen molar-refractivity contribution in [2.24, 2.45) is 0 Å². The van der Waals surface area contributed by atoms with Crippen LogP contribution >= 0.6 is 23.4 Å². The molecule has 1 amide bonds. The van der Waals surface area contributed by atoms with E-state index in [2.05, 4.69) is 66.3 Å². The molecule has 1 aromatic heterocycles. The monoisotopic (exact) mass is 524 g/mol. The lowest BCUT2D eigenvalue weighted by atomic mass is 9.98. The topological polar surface area (TPSA) is 44.9 Å². The highest BCUT2D eigenvalue weighted by molar-refractivity contribution is 7.98. The number of carbonyl (C=O) groups is 1. The number of hydrogen-bond donors (Lipinski definition) is 2. The number of rotatable bonds is 5. The highest BCUT2D eigenvalue weighted by Gasteiger charge is 2.16. The summed E-state index contributed by atoms with van der Waals surface area (Å²) in [5.74, 6) is -0.159. The molecule has 4 aromatic carbocycles. The van der Waals surface area contributed by atoms with E-state index in [4.69, 9.17) is 11.6 Å². The zero-order valence-corrected chi connectivity index (χ0v) is 22.7. The predicted molar refractivity (Wildman–Crippen MR) is 161 cm³/mol. The highest BCUT2D eigenvalue weighted by Crippen LogP contribution is 2.33. The average Bonchev–Trinajstić information content (AvgIpc) is 3.34. The number of anilines is 1. The van der Waals surface area contributed by atoms with Gasteiger partial charge in [0, 0.05) is 38.3 Å². The Hall–Kier alpha value is -3.73. The standard InChI is InChI=1S/C29H23ClN2OS.C3H6/c1-18-7-9-19(10-8-18)24-17-22(34-2)12-13-23(24)29(33)31-21-11-14-26(30)25(16-21)28-15-20-5-3-4-6-27(20)32-28;1-3-2/h3-17,32H,1-2H3,(H,31,33);3H,1H2,2H3. The van der Waals surface area contributed by atoms with Gasteiger partial charge in [-0.2, -0.15) is 0 Å². The molecule has 1 heterocycles. The summed E-state index contributed by atoms with van der Waals surface area (Å²) in [5, 5.41) is 4.80. The van der Waals surface area contributed by atoms with Crippen molar-refractivity contribution in [2.75, 3.05) is 11.6 Å². The van der Waals surface area contributed by atoms with Crippen LogP contribution in [0.2, 0.25) is 5.02 Å². The van der Waals surface area contributed by atoms with Crippen LogP contribution in [0.1, 0.15) is 22.8 Å². The summed E-state index contributed by atoms with van der Waals surface area (Å²) in [6.07, 6.45) is 3.78. The average molecular weight is 525 g/mol. The normalized spacial score (nSPS) is 10.5. The Labute approximate surface area is 227 Å². The molecular weight excluding hydrogens is 496 g/mol. The molecule has 5 heteroatoms. The molecule has 0 saturated heterocycles. The fraction of sp³-hybridized carbons (Fsp3) is 0.0938.